The predicted molar refractivity (Wildman–Crippen MR) is 303 cm³/mol. The third-order valence-electron chi connectivity index (χ3n) is 13.9. The smallest absolute Gasteiger partial charge is 0.158 e. The summed E-state index contributed by atoms with van der Waals surface area (Å²) in [6.07, 6.45) is 26.4. The van der Waals surface area contributed by atoms with Crippen LogP contribution < -0.4 is 37.5 Å². The first kappa shape index (κ1) is 56.2. The highest BCUT2D eigenvalue weighted by Crippen LogP contribution is 2.48. The summed E-state index contributed by atoms with van der Waals surface area (Å²) < 4.78 is 15.9. The molecule has 8 heterocycles. The Labute approximate surface area is 467 Å². The SMILES string of the molecule is CC(C)(C)[S@@](=O)N[C@@H]1CCCC12CCN(c1cnc(Sc3ccncc3Cl)c(N)n1)CC2.Nc1nc(Cl)cnc1Sc1ccncc1Cl.Nc1nc(N2CCC3(CCC[C@H]3N)CC2)cnc1Sc1ccncc1Cl. The lowest BCUT2D eigenvalue weighted by molar-refractivity contribution is 0.188. The van der Waals surface area contributed by atoms with Crippen LogP contribution in [0, 0.1) is 10.8 Å². The van der Waals surface area contributed by atoms with Crippen molar-refractivity contribution >= 4 is 122 Å². The quantitative estimate of drug-likeness (QED) is 0.0854. The molecule has 2 aliphatic carbocycles. The Hall–Kier alpha value is -4.03. The van der Waals surface area contributed by atoms with Crippen LogP contribution in [0.25, 0.3) is 0 Å². The topological polar surface area (TPSA) is 256 Å². The first-order valence-electron chi connectivity index (χ1n) is 24.2. The maximum atomic E-state index is 12.7. The molecule has 0 unspecified atom stereocenters. The molecule has 0 radical (unpaired) electrons. The molecule has 4 fully saturated rings. The third kappa shape index (κ3) is 13.9. The van der Waals surface area contributed by atoms with Crippen molar-refractivity contribution in [3.63, 3.8) is 0 Å². The van der Waals surface area contributed by atoms with Gasteiger partial charge in [-0.15, -0.1) is 0 Å². The first-order valence-corrected chi connectivity index (χ1v) is 29.3. The number of hydrogen-bond donors (Lipinski definition) is 5. The fraction of sp³-hybridized carbons (Fsp3) is 0.449. The van der Waals surface area contributed by atoms with Gasteiger partial charge in [0, 0.05) is 90.1 Å². The fourth-order valence-electron chi connectivity index (χ4n) is 9.70. The molecule has 2 aliphatic heterocycles. The summed E-state index contributed by atoms with van der Waals surface area (Å²) in [4.78, 5) is 45.2. The molecule has 74 heavy (non-hydrogen) atoms. The molecule has 0 bridgehead atoms. The van der Waals surface area contributed by atoms with Crippen molar-refractivity contribution < 1.29 is 4.21 Å². The number of anilines is 5. The van der Waals surface area contributed by atoms with E-state index in [1.54, 1.807) is 55.6 Å². The minimum absolute atomic E-state index is 0.213. The highest BCUT2D eigenvalue weighted by Gasteiger charge is 2.46. The number of rotatable bonds is 10. The molecule has 17 nitrogen and oxygen atoms in total. The summed E-state index contributed by atoms with van der Waals surface area (Å²) in [5, 5.41) is 3.82. The highest BCUT2D eigenvalue weighted by atomic mass is 35.5. The standard InChI is InChI=1S/C22H31ClN6OS2.C18H23ClN6S.C9H6Cl2N4S/c1-21(2,3)32(30)28-17-5-4-7-22(17)8-11-29(12-9-22)18-14-26-20(19(24)27-18)31-16-6-10-25-13-15(16)23;19-12-10-22-7-3-13(12)26-17-16(21)24-15(11-23-17)25-8-5-18(6-9-25)4-1-2-14(18)20;10-5-3-13-2-1-6(5)16-9-8(12)15-7(11)4-14-9/h6,10,13-14,17,28H,4-5,7-9,11-12H2,1-3H3,(H2,24,27);3,7,10-11,14H,1-2,4-6,8-9,20H2,(H2,21,24);1-4H,(H2,12,15)/t17-,32-;14-;/m11./s1. The van der Waals surface area contributed by atoms with Gasteiger partial charge >= 0.3 is 0 Å². The van der Waals surface area contributed by atoms with Crippen LogP contribution in [0.15, 0.2) is 104 Å². The van der Waals surface area contributed by atoms with Gasteiger partial charge in [-0.05, 0) is 101 Å². The Morgan fingerprint density at radius 3 is 1.39 bits per heavy atom. The number of nitrogens with zero attached hydrogens (tertiary/aromatic N) is 11. The third-order valence-corrected chi connectivity index (χ3v) is 20.2. The number of pyridine rings is 3. The average molecular weight is 1160 g/mol. The Morgan fingerprint density at radius 2 is 1.00 bits per heavy atom. The van der Waals surface area contributed by atoms with Gasteiger partial charge in [-0.25, -0.2) is 38.8 Å². The van der Waals surface area contributed by atoms with Crippen molar-refractivity contribution in [2.24, 2.45) is 16.6 Å². The van der Waals surface area contributed by atoms with E-state index in [4.69, 9.17) is 69.3 Å². The van der Waals surface area contributed by atoms with E-state index >= 15 is 0 Å². The summed E-state index contributed by atoms with van der Waals surface area (Å²) in [5.41, 5.74) is 25.0. The van der Waals surface area contributed by atoms with E-state index in [1.165, 1.54) is 67.2 Å². The first-order chi connectivity index (χ1) is 35.4. The Balaban J connectivity index is 0.000000156. The molecule has 2 saturated heterocycles. The number of nitrogens with one attached hydrogen (secondary N) is 1. The zero-order valence-corrected chi connectivity index (χ0v) is 47.6. The molecule has 10 rings (SSSR count). The van der Waals surface area contributed by atoms with E-state index in [0.29, 0.717) is 59.3 Å². The van der Waals surface area contributed by atoms with Crippen molar-refractivity contribution in [1.82, 2.24) is 49.6 Å². The second-order valence-electron chi connectivity index (χ2n) is 19.6. The van der Waals surface area contributed by atoms with Gasteiger partial charge in [-0.2, -0.15) is 0 Å². The maximum Gasteiger partial charge on any atom is 0.158 e. The van der Waals surface area contributed by atoms with E-state index in [2.05, 4.69) is 59.4 Å². The van der Waals surface area contributed by atoms with Crippen molar-refractivity contribution in [1.29, 1.82) is 0 Å². The number of hydrogen-bond acceptors (Lipinski definition) is 19. The Morgan fingerprint density at radius 1 is 0.595 bits per heavy atom. The molecule has 394 valence electrons. The molecule has 0 amide bonds. The monoisotopic (exact) mass is 1160 g/mol. The van der Waals surface area contributed by atoms with E-state index in [-0.39, 0.29) is 21.1 Å². The van der Waals surface area contributed by atoms with Crippen LogP contribution in [0.4, 0.5) is 29.1 Å². The lowest BCUT2D eigenvalue weighted by Gasteiger charge is -2.44. The molecule has 6 aromatic rings. The Bertz CT molecular complexity index is 2910. The molecular weight excluding hydrogens is 1100 g/mol. The summed E-state index contributed by atoms with van der Waals surface area (Å²) in [5.74, 6) is 2.77. The van der Waals surface area contributed by atoms with Gasteiger partial charge < -0.3 is 32.7 Å². The highest BCUT2D eigenvalue weighted by molar-refractivity contribution is 8.00. The van der Waals surface area contributed by atoms with Crippen molar-refractivity contribution in [3.8, 4) is 0 Å². The van der Waals surface area contributed by atoms with Gasteiger partial charge in [0.25, 0.3) is 0 Å². The van der Waals surface area contributed by atoms with E-state index in [1.807, 2.05) is 32.9 Å². The molecule has 4 aliphatic rings. The van der Waals surface area contributed by atoms with Crippen LogP contribution in [0.5, 0.6) is 0 Å². The number of aromatic nitrogens is 9. The van der Waals surface area contributed by atoms with Crippen molar-refractivity contribution in [3.05, 3.63) is 94.2 Å². The van der Waals surface area contributed by atoms with Gasteiger partial charge in [-0.1, -0.05) is 94.5 Å². The van der Waals surface area contributed by atoms with Crippen LogP contribution >= 0.6 is 81.7 Å². The second kappa shape index (κ2) is 25.0. The van der Waals surface area contributed by atoms with Crippen LogP contribution in [-0.4, -0.2) is 92.1 Å². The van der Waals surface area contributed by atoms with Gasteiger partial charge in [0.05, 0.1) is 49.4 Å². The Kier molecular flexibility index (Phi) is 19.0. The average Bonchev–Trinajstić information content (AvgIpc) is 3.93. The lowest BCUT2D eigenvalue weighted by atomic mass is 9.74. The number of piperidine rings is 2. The van der Waals surface area contributed by atoms with Gasteiger partial charge in [0.2, 0.25) is 0 Å². The van der Waals surface area contributed by atoms with Gasteiger partial charge in [0.15, 0.2) is 17.5 Å². The summed E-state index contributed by atoms with van der Waals surface area (Å²) in [6.45, 7) is 9.79. The minimum atomic E-state index is -1.04. The molecule has 0 aromatic carbocycles. The largest absolute Gasteiger partial charge is 0.381 e. The number of halogens is 4. The van der Waals surface area contributed by atoms with E-state index < -0.39 is 11.0 Å². The molecule has 25 heteroatoms. The predicted octanol–water partition coefficient (Wildman–Crippen LogP) is 10.7. The molecule has 2 spiro atoms. The normalized spacial score (nSPS) is 19.4. The molecular formula is C49H60Cl4N16OS4. The van der Waals surface area contributed by atoms with Crippen LogP contribution in [0.1, 0.15) is 85.0 Å². The van der Waals surface area contributed by atoms with E-state index in [0.717, 1.165) is 91.0 Å². The fourth-order valence-corrected chi connectivity index (χ4v) is 13.8. The minimum Gasteiger partial charge on any atom is -0.381 e. The van der Waals surface area contributed by atoms with E-state index in [9.17, 15) is 4.21 Å². The molecule has 2 saturated carbocycles. The zero-order chi connectivity index (χ0) is 52.6. The summed E-state index contributed by atoms with van der Waals surface area (Å²) in [6, 6.07) is 6.12. The van der Waals surface area contributed by atoms with Gasteiger partial charge in [0.1, 0.15) is 31.9 Å². The molecule has 3 atom stereocenters. The van der Waals surface area contributed by atoms with Crippen LogP contribution in [0.2, 0.25) is 20.2 Å². The van der Waals surface area contributed by atoms with Gasteiger partial charge in [-0.3, -0.25) is 15.0 Å². The van der Waals surface area contributed by atoms with Crippen molar-refractivity contribution in [2.45, 2.75) is 132 Å². The maximum absolute atomic E-state index is 12.7. The van der Waals surface area contributed by atoms with Crippen molar-refractivity contribution in [2.75, 3.05) is 53.2 Å². The van der Waals surface area contributed by atoms with Crippen LogP contribution in [-0.2, 0) is 11.0 Å². The van der Waals surface area contributed by atoms with Crippen LogP contribution in [0.3, 0.4) is 0 Å². The lowest BCUT2D eigenvalue weighted by Crippen LogP contribution is -2.51. The summed E-state index contributed by atoms with van der Waals surface area (Å²) >= 11 is 28.1. The summed E-state index contributed by atoms with van der Waals surface area (Å²) in [7, 11) is -1.04. The molecule has 6 aromatic heterocycles. The molecule has 9 N–H and O–H groups in total. The second-order valence-corrected chi connectivity index (χ2v) is 26.3. The number of nitrogen functional groups attached to an aromatic ring is 3. The number of nitrogens with two attached hydrogens (primary N) is 4. The zero-order valence-electron chi connectivity index (χ0n) is 41.3.